The number of aliphatic hydroxyl groups is 1. The molecular weight excluding hydrogens is 270 g/mol. The number of ether oxygens (including phenoxy) is 1. The third-order valence-electron chi connectivity index (χ3n) is 2.47. The Morgan fingerprint density at radius 3 is 2.63 bits per heavy atom. The molecule has 108 valence electrons. The van der Waals surface area contributed by atoms with Crippen LogP contribution in [0.2, 0.25) is 0 Å². The van der Waals surface area contributed by atoms with Crippen LogP contribution in [-0.4, -0.2) is 39.9 Å². The topological polar surface area (TPSA) is 128 Å². The molecule has 0 radical (unpaired) electrons. The Balaban J connectivity index is 2.97. The van der Waals surface area contributed by atoms with Gasteiger partial charge in [0.1, 0.15) is 0 Å². The van der Waals surface area contributed by atoms with Gasteiger partial charge in [-0.1, -0.05) is 0 Å². The van der Waals surface area contributed by atoms with Crippen LogP contribution in [0.3, 0.4) is 0 Å². The van der Waals surface area contributed by atoms with Crippen LogP contribution in [0.4, 0.5) is 11.4 Å². The minimum Gasteiger partial charge on any atom is -0.399 e. The van der Waals surface area contributed by atoms with Gasteiger partial charge in [-0.3, -0.25) is 0 Å². The highest BCUT2D eigenvalue weighted by Crippen LogP contribution is 2.20. The molecule has 1 aromatic rings. The molecule has 0 bridgehead atoms. The average Bonchev–Trinajstić information content (AvgIpc) is 2.27. The molecule has 6 N–H and O–H groups in total. The van der Waals surface area contributed by atoms with Crippen molar-refractivity contribution in [3.05, 3.63) is 18.2 Å². The van der Waals surface area contributed by atoms with Crippen molar-refractivity contribution in [3.63, 3.8) is 0 Å². The largest absolute Gasteiger partial charge is 0.399 e. The van der Waals surface area contributed by atoms with Crippen LogP contribution in [-0.2, 0) is 14.8 Å². The predicted octanol–water partition coefficient (Wildman–Crippen LogP) is -0.274. The molecule has 0 heterocycles. The summed E-state index contributed by atoms with van der Waals surface area (Å²) in [4.78, 5) is -0.0600. The van der Waals surface area contributed by atoms with Crippen LogP contribution in [0.25, 0.3) is 0 Å². The van der Waals surface area contributed by atoms with Gasteiger partial charge in [0.15, 0.2) is 0 Å². The van der Waals surface area contributed by atoms with E-state index in [-0.39, 0.29) is 23.2 Å². The minimum atomic E-state index is -3.81. The van der Waals surface area contributed by atoms with Crippen LogP contribution in [0.5, 0.6) is 0 Å². The lowest BCUT2D eigenvalue weighted by atomic mass is 10.2. The average molecular weight is 289 g/mol. The zero-order valence-corrected chi connectivity index (χ0v) is 11.5. The summed E-state index contributed by atoms with van der Waals surface area (Å²) in [6.07, 6.45) is 0.466. The van der Waals surface area contributed by atoms with E-state index < -0.39 is 10.0 Å². The third kappa shape index (κ3) is 5.03. The Bertz CT molecular complexity index is 513. The fraction of sp³-hybridized carbons (Fsp3) is 0.455. The lowest BCUT2D eigenvalue weighted by Gasteiger charge is -2.19. The first-order valence-electron chi connectivity index (χ1n) is 5.66. The number of primary sulfonamides is 1. The molecule has 1 rings (SSSR count). The Hall–Kier alpha value is -1.35. The summed E-state index contributed by atoms with van der Waals surface area (Å²) in [6, 6.07) is 4.13. The maximum absolute atomic E-state index is 11.3. The van der Waals surface area contributed by atoms with Crippen molar-refractivity contribution < 1.29 is 18.3 Å². The van der Waals surface area contributed by atoms with Crippen LogP contribution in [0, 0.1) is 0 Å². The van der Waals surface area contributed by atoms with Crippen molar-refractivity contribution in [2.75, 3.05) is 31.4 Å². The van der Waals surface area contributed by atoms with Gasteiger partial charge in [0, 0.05) is 25.1 Å². The van der Waals surface area contributed by atoms with Crippen molar-refractivity contribution in [2.24, 2.45) is 5.14 Å². The van der Waals surface area contributed by atoms with Crippen molar-refractivity contribution >= 4 is 21.4 Å². The third-order valence-corrected chi connectivity index (χ3v) is 3.37. The molecule has 1 atom stereocenters. The number of rotatable bonds is 7. The van der Waals surface area contributed by atoms with Crippen LogP contribution < -0.4 is 16.2 Å². The van der Waals surface area contributed by atoms with Gasteiger partial charge in [0.2, 0.25) is 10.0 Å². The number of benzene rings is 1. The quantitative estimate of drug-likeness (QED) is 0.511. The maximum Gasteiger partial charge on any atom is 0.238 e. The highest BCUT2D eigenvalue weighted by atomic mass is 32.2. The Labute approximate surface area is 112 Å². The van der Waals surface area contributed by atoms with Crippen molar-refractivity contribution in [1.29, 1.82) is 0 Å². The standard InChI is InChI=1S/C11H19N3O4S/c1-18-7-9(2-3-15)14-10-4-8(12)5-11(6-10)19(13,16)17/h4-6,9,14-15H,2-3,7,12H2,1H3,(H2,13,16,17). The fourth-order valence-corrected chi connectivity index (χ4v) is 2.25. The van der Waals surface area contributed by atoms with Crippen molar-refractivity contribution in [1.82, 2.24) is 0 Å². The van der Waals surface area contributed by atoms with Crippen LogP contribution >= 0.6 is 0 Å². The number of nitrogen functional groups attached to an aromatic ring is 1. The molecule has 0 aliphatic carbocycles. The second-order valence-electron chi connectivity index (χ2n) is 4.14. The number of sulfonamides is 1. The number of methoxy groups -OCH3 is 1. The second-order valence-corrected chi connectivity index (χ2v) is 5.71. The van der Waals surface area contributed by atoms with E-state index in [9.17, 15) is 8.42 Å². The summed E-state index contributed by atoms with van der Waals surface area (Å²) < 4.78 is 27.6. The molecule has 0 spiro atoms. The second kappa shape index (κ2) is 6.71. The highest BCUT2D eigenvalue weighted by molar-refractivity contribution is 7.89. The highest BCUT2D eigenvalue weighted by Gasteiger charge is 2.13. The van der Waals surface area contributed by atoms with E-state index in [4.69, 9.17) is 20.7 Å². The molecular formula is C11H19N3O4S. The van der Waals surface area contributed by atoms with Crippen LogP contribution in [0.15, 0.2) is 23.1 Å². The Morgan fingerprint density at radius 2 is 2.11 bits per heavy atom. The molecule has 0 fully saturated rings. The maximum atomic E-state index is 11.3. The van der Waals surface area contributed by atoms with E-state index >= 15 is 0 Å². The number of hydrogen-bond donors (Lipinski definition) is 4. The minimum absolute atomic E-state index is 0.00854. The van der Waals surface area contributed by atoms with Gasteiger partial charge in [0.25, 0.3) is 0 Å². The van der Waals surface area contributed by atoms with E-state index in [0.29, 0.717) is 18.7 Å². The molecule has 7 nitrogen and oxygen atoms in total. The van der Waals surface area contributed by atoms with Gasteiger partial charge >= 0.3 is 0 Å². The summed E-state index contributed by atoms with van der Waals surface area (Å²) >= 11 is 0. The molecule has 0 saturated carbocycles. The molecule has 0 saturated heterocycles. The van der Waals surface area contributed by atoms with E-state index in [2.05, 4.69) is 5.32 Å². The van der Waals surface area contributed by atoms with Gasteiger partial charge in [-0.05, 0) is 24.6 Å². The molecule has 1 aromatic carbocycles. The summed E-state index contributed by atoms with van der Waals surface area (Å²) in [5.41, 5.74) is 6.44. The summed E-state index contributed by atoms with van der Waals surface area (Å²) in [7, 11) is -2.27. The fourth-order valence-electron chi connectivity index (χ4n) is 1.66. The summed E-state index contributed by atoms with van der Waals surface area (Å²) in [6.45, 7) is 0.367. The molecule has 0 aliphatic rings. The SMILES string of the molecule is COCC(CCO)Nc1cc(N)cc(S(N)(=O)=O)c1. The number of nitrogens with one attached hydrogen (secondary N) is 1. The van der Waals surface area contributed by atoms with E-state index in [0.717, 1.165) is 0 Å². The number of anilines is 2. The smallest absolute Gasteiger partial charge is 0.238 e. The molecule has 0 amide bonds. The van der Waals surface area contributed by atoms with Gasteiger partial charge in [-0.25, -0.2) is 13.6 Å². The molecule has 19 heavy (non-hydrogen) atoms. The van der Waals surface area contributed by atoms with Gasteiger partial charge in [-0.2, -0.15) is 0 Å². The summed E-state index contributed by atoms with van der Waals surface area (Å²) in [5.74, 6) is 0. The number of hydrogen-bond acceptors (Lipinski definition) is 6. The molecule has 8 heteroatoms. The first-order valence-corrected chi connectivity index (χ1v) is 7.21. The van der Waals surface area contributed by atoms with Gasteiger partial charge in [0.05, 0.1) is 17.5 Å². The number of nitrogens with two attached hydrogens (primary N) is 2. The molecule has 1 unspecified atom stereocenters. The Kier molecular flexibility index (Phi) is 5.55. The molecule has 0 aliphatic heterocycles. The zero-order chi connectivity index (χ0) is 14.5. The normalized spacial score (nSPS) is 13.2. The lowest BCUT2D eigenvalue weighted by molar-refractivity contribution is 0.170. The van der Waals surface area contributed by atoms with Crippen molar-refractivity contribution in [2.45, 2.75) is 17.4 Å². The summed E-state index contributed by atoms with van der Waals surface area (Å²) in [5, 5.41) is 17.1. The van der Waals surface area contributed by atoms with Crippen molar-refractivity contribution in [3.8, 4) is 0 Å². The van der Waals surface area contributed by atoms with Gasteiger partial charge in [-0.15, -0.1) is 0 Å². The number of aliphatic hydroxyl groups excluding tert-OH is 1. The predicted molar refractivity (Wildman–Crippen MR) is 73.2 cm³/mol. The lowest BCUT2D eigenvalue weighted by Crippen LogP contribution is -2.26. The van der Waals surface area contributed by atoms with Gasteiger partial charge < -0.3 is 20.9 Å². The van der Waals surface area contributed by atoms with E-state index in [1.807, 2.05) is 0 Å². The monoisotopic (exact) mass is 289 g/mol. The van der Waals surface area contributed by atoms with Crippen LogP contribution in [0.1, 0.15) is 6.42 Å². The van der Waals surface area contributed by atoms with E-state index in [1.54, 1.807) is 13.2 Å². The first-order chi connectivity index (χ1) is 8.86. The Morgan fingerprint density at radius 1 is 1.42 bits per heavy atom. The first kappa shape index (κ1) is 15.7. The van der Waals surface area contributed by atoms with E-state index in [1.165, 1.54) is 12.1 Å². The zero-order valence-electron chi connectivity index (χ0n) is 10.7. The molecule has 0 aromatic heterocycles.